The molecule has 0 unspecified atom stereocenters. The molecule has 6 nitrogen and oxygen atoms in total. The molecule has 2 aromatic rings. The van der Waals surface area contributed by atoms with Crippen molar-refractivity contribution < 1.29 is 28.9 Å². The van der Waals surface area contributed by atoms with E-state index in [-0.39, 0.29) is 5.97 Å². The van der Waals surface area contributed by atoms with Crippen molar-refractivity contribution in [3.05, 3.63) is 83.9 Å². The third-order valence-corrected chi connectivity index (χ3v) is 5.83. The molecule has 0 amide bonds. The Morgan fingerprint density at radius 2 is 1.44 bits per heavy atom. The molecule has 2 aromatic carbocycles. The van der Waals surface area contributed by atoms with E-state index >= 15 is 0 Å². The lowest BCUT2D eigenvalue weighted by Gasteiger charge is -2.28. The van der Waals surface area contributed by atoms with E-state index in [1.807, 2.05) is 12.1 Å². The summed E-state index contributed by atoms with van der Waals surface area (Å²) in [6.07, 6.45) is 7.58. The maximum absolute atomic E-state index is 12.2. The lowest BCUT2D eigenvalue weighted by atomic mass is 9.77. The van der Waals surface area contributed by atoms with E-state index in [9.17, 15) is 14.4 Å². The fourth-order valence-corrected chi connectivity index (χ4v) is 4.03. The zero-order valence-corrected chi connectivity index (χ0v) is 18.0. The van der Waals surface area contributed by atoms with Crippen molar-refractivity contribution >= 4 is 17.9 Å². The van der Waals surface area contributed by atoms with Crippen LogP contribution in [0.4, 0.5) is 0 Å². The number of carbonyl (C=O) groups is 3. The van der Waals surface area contributed by atoms with Crippen LogP contribution in [-0.4, -0.2) is 24.5 Å². The molecule has 0 heterocycles. The van der Waals surface area contributed by atoms with Crippen molar-refractivity contribution in [3.8, 4) is 0 Å². The SMILES string of the molecule is C=CC(=O)OCCCC1CCC(c2ccc(C(=O)OOC(=O)c3ccccc3)cc2)CC1. The molecule has 1 aliphatic carbocycles. The minimum Gasteiger partial charge on any atom is -0.463 e. The highest BCUT2D eigenvalue weighted by atomic mass is 17.2. The molecular weight excluding hydrogens is 408 g/mol. The number of ether oxygens (including phenoxy) is 1. The van der Waals surface area contributed by atoms with Gasteiger partial charge in [-0.2, -0.15) is 0 Å². The maximum atomic E-state index is 12.2. The van der Waals surface area contributed by atoms with Crippen LogP contribution < -0.4 is 0 Å². The molecule has 0 radical (unpaired) electrons. The van der Waals surface area contributed by atoms with Crippen LogP contribution in [0.1, 0.15) is 70.7 Å². The van der Waals surface area contributed by atoms with E-state index in [4.69, 9.17) is 4.74 Å². The van der Waals surface area contributed by atoms with Gasteiger partial charge < -0.3 is 4.74 Å². The third kappa shape index (κ3) is 6.80. The summed E-state index contributed by atoms with van der Waals surface area (Å²) in [6, 6.07) is 15.6. The van der Waals surface area contributed by atoms with E-state index in [1.54, 1.807) is 42.5 Å². The van der Waals surface area contributed by atoms with Crippen LogP contribution in [0.3, 0.4) is 0 Å². The Balaban J connectivity index is 1.40. The average Bonchev–Trinajstić information content (AvgIpc) is 2.85. The van der Waals surface area contributed by atoms with E-state index < -0.39 is 11.9 Å². The van der Waals surface area contributed by atoms with E-state index in [0.29, 0.717) is 29.6 Å². The first-order valence-electron chi connectivity index (χ1n) is 10.9. The largest absolute Gasteiger partial charge is 0.463 e. The molecule has 1 fully saturated rings. The van der Waals surface area contributed by atoms with Crippen molar-refractivity contribution in [1.29, 1.82) is 0 Å². The normalized spacial score (nSPS) is 17.8. The van der Waals surface area contributed by atoms with Gasteiger partial charge in [-0.3, -0.25) is 0 Å². The fraction of sp³-hybridized carbons (Fsp3) is 0.346. The number of benzene rings is 2. The minimum absolute atomic E-state index is 0.309. The highest BCUT2D eigenvalue weighted by Gasteiger charge is 2.23. The Bertz CT molecular complexity index is 911. The smallest absolute Gasteiger partial charge is 0.386 e. The van der Waals surface area contributed by atoms with Gasteiger partial charge in [-0.15, -0.1) is 0 Å². The van der Waals surface area contributed by atoms with Crippen molar-refractivity contribution in [3.63, 3.8) is 0 Å². The second-order valence-corrected chi connectivity index (χ2v) is 7.96. The Morgan fingerprint density at radius 3 is 2.03 bits per heavy atom. The van der Waals surface area contributed by atoms with Crippen molar-refractivity contribution in [2.75, 3.05) is 6.61 Å². The quantitative estimate of drug-likeness (QED) is 0.181. The van der Waals surface area contributed by atoms with Crippen LogP contribution in [0.15, 0.2) is 67.3 Å². The monoisotopic (exact) mass is 436 g/mol. The van der Waals surface area contributed by atoms with E-state index in [1.165, 1.54) is 11.6 Å². The summed E-state index contributed by atoms with van der Waals surface area (Å²) >= 11 is 0. The van der Waals surface area contributed by atoms with Crippen LogP contribution in [0.2, 0.25) is 0 Å². The molecule has 6 heteroatoms. The average molecular weight is 437 g/mol. The zero-order valence-electron chi connectivity index (χ0n) is 18.0. The van der Waals surface area contributed by atoms with Gasteiger partial charge in [0.2, 0.25) is 0 Å². The van der Waals surface area contributed by atoms with E-state index in [2.05, 4.69) is 16.4 Å². The molecule has 0 aliphatic heterocycles. The second kappa shape index (κ2) is 11.8. The van der Waals surface area contributed by atoms with Crippen LogP contribution in [0.25, 0.3) is 0 Å². The lowest BCUT2D eigenvalue weighted by Crippen LogP contribution is -2.15. The lowest BCUT2D eigenvalue weighted by molar-refractivity contribution is -0.187. The van der Waals surface area contributed by atoms with Gasteiger partial charge in [-0.25, -0.2) is 24.2 Å². The van der Waals surface area contributed by atoms with Gasteiger partial charge in [0.25, 0.3) is 0 Å². The second-order valence-electron chi connectivity index (χ2n) is 7.96. The number of carbonyl (C=O) groups excluding carboxylic acids is 3. The maximum Gasteiger partial charge on any atom is 0.386 e. The van der Waals surface area contributed by atoms with Crippen LogP contribution >= 0.6 is 0 Å². The summed E-state index contributed by atoms with van der Waals surface area (Å²) in [7, 11) is 0. The summed E-state index contributed by atoms with van der Waals surface area (Å²) in [6.45, 7) is 3.84. The van der Waals surface area contributed by atoms with Gasteiger partial charge in [0.1, 0.15) is 0 Å². The van der Waals surface area contributed by atoms with Gasteiger partial charge in [0, 0.05) is 6.08 Å². The molecule has 0 bridgehead atoms. The predicted octanol–water partition coefficient (Wildman–Crippen LogP) is 5.40. The molecule has 168 valence electrons. The van der Waals surface area contributed by atoms with Crippen molar-refractivity contribution in [1.82, 2.24) is 0 Å². The minimum atomic E-state index is -0.716. The van der Waals surface area contributed by atoms with Gasteiger partial charge in [-0.05, 0) is 80.2 Å². The van der Waals surface area contributed by atoms with E-state index in [0.717, 1.165) is 38.5 Å². The standard InChI is InChI=1S/C26H28O6/c1-2-24(27)30-18-6-7-19-10-12-20(13-11-19)21-14-16-23(17-15-21)26(29)32-31-25(28)22-8-4-3-5-9-22/h2-5,8-9,14-17,19-20H,1,6-7,10-13,18H2. The highest BCUT2D eigenvalue weighted by Crippen LogP contribution is 2.37. The highest BCUT2D eigenvalue weighted by molar-refractivity contribution is 5.92. The van der Waals surface area contributed by atoms with Crippen LogP contribution in [0.5, 0.6) is 0 Å². The Morgan fingerprint density at radius 1 is 0.844 bits per heavy atom. The number of hydrogen-bond acceptors (Lipinski definition) is 6. The summed E-state index contributed by atoms with van der Waals surface area (Å²) in [5, 5.41) is 0. The predicted molar refractivity (Wildman–Crippen MR) is 119 cm³/mol. The Kier molecular flexibility index (Phi) is 8.61. The van der Waals surface area contributed by atoms with Crippen LogP contribution in [0, 0.1) is 5.92 Å². The molecule has 0 spiro atoms. The first-order chi connectivity index (χ1) is 15.6. The molecule has 1 aliphatic rings. The van der Waals surface area contributed by atoms with Gasteiger partial charge in [0.15, 0.2) is 0 Å². The Labute approximate surface area is 188 Å². The summed E-state index contributed by atoms with van der Waals surface area (Å²) in [5.41, 5.74) is 1.84. The Hall–Kier alpha value is -3.41. The zero-order chi connectivity index (χ0) is 22.8. The van der Waals surface area contributed by atoms with Crippen LogP contribution in [-0.2, 0) is 19.3 Å². The van der Waals surface area contributed by atoms with Gasteiger partial charge >= 0.3 is 17.9 Å². The molecule has 3 rings (SSSR count). The first-order valence-corrected chi connectivity index (χ1v) is 10.9. The fourth-order valence-electron chi connectivity index (χ4n) is 4.03. The van der Waals surface area contributed by atoms with Crippen molar-refractivity contribution in [2.45, 2.75) is 44.4 Å². The number of esters is 1. The molecule has 0 aromatic heterocycles. The topological polar surface area (TPSA) is 78.9 Å². The third-order valence-electron chi connectivity index (χ3n) is 5.83. The van der Waals surface area contributed by atoms with Gasteiger partial charge in [0.05, 0.1) is 17.7 Å². The molecule has 0 atom stereocenters. The molecule has 32 heavy (non-hydrogen) atoms. The molecule has 0 saturated heterocycles. The van der Waals surface area contributed by atoms with Gasteiger partial charge in [-0.1, -0.05) is 36.9 Å². The molecular formula is C26H28O6. The molecule has 1 saturated carbocycles. The molecule has 0 N–H and O–H groups in total. The first kappa shape index (κ1) is 23.3. The summed E-state index contributed by atoms with van der Waals surface area (Å²) in [5.74, 6) is -0.670. The number of hydrogen-bond donors (Lipinski definition) is 0. The summed E-state index contributed by atoms with van der Waals surface area (Å²) < 4.78 is 5.03. The number of rotatable bonds is 8. The van der Waals surface area contributed by atoms with Crippen molar-refractivity contribution in [2.24, 2.45) is 5.92 Å². The summed E-state index contributed by atoms with van der Waals surface area (Å²) in [4.78, 5) is 44.4.